The maximum atomic E-state index is 10.9. The molecule has 2 rings (SSSR count). The van der Waals surface area contributed by atoms with Crippen molar-refractivity contribution in [2.24, 2.45) is 0 Å². The highest BCUT2D eigenvalue weighted by molar-refractivity contribution is 7.99. The summed E-state index contributed by atoms with van der Waals surface area (Å²) in [6.45, 7) is 0.719. The Morgan fingerprint density at radius 3 is 2.89 bits per heavy atom. The Morgan fingerprint density at radius 2 is 2.22 bits per heavy atom. The number of hydrogen-bond donors (Lipinski definition) is 1. The maximum absolute atomic E-state index is 10.9. The van der Waals surface area contributed by atoms with Gasteiger partial charge in [0.15, 0.2) is 0 Å². The first-order chi connectivity index (χ1) is 8.66. The molecule has 1 fully saturated rings. The van der Waals surface area contributed by atoms with Gasteiger partial charge in [-0.1, -0.05) is 6.07 Å². The van der Waals surface area contributed by atoms with Crippen molar-refractivity contribution >= 4 is 17.7 Å². The number of aromatic nitrogens is 1. The van der Waals surface area contributed by atoms with Crippen LogP contribution in [0.3, 0.4) is 0 Å². The number of carboxylic acids is 1. The summed E-state index contributed by atoms with van der Waals surface area (Å²) < 4.78 is 0. The molecule has 1 N–H and O–H groups in total. The summed E-state index contributed by atoms with van der Waals surface area (Å²) in [5.74, 6) is 1.48. The fourth-order valence-electron chi connectivity index (χ4n) is 2.20. The third-order valence-electron chi connectivity index (χ3n) is 3.25. The van der Waals surface area contributed by atoms with Crippen LogP contribution >= 0.6 is 11.8 Å². The van der Waals surface area contributed by atoms with Crippen LogP contribution in [0, 0.1) is 0 Å². The van der Waals surface area contributed by atoms with E-state index in [1.54, 1.807) is 6.07 Å². The molecule has 4 nitrogen and oxygen atoms in total. The van der Waals surface area contributed by atoms with E-state index in [9.17, 15) is 4.79 Å². The first kappa shape index (κ1) is 13.4. The molecule has 0 radical (unpaired) electrons. The third-order valence-corrected chi connectivity index (χ3v) is 4.30. The molecule has 1 aliphatic rings. The van der Waals surface area contributed by atoms with E-state index in [1.807, 2.05) is 17.8 Å². The molecule has 0 unspecified atom stereocenters. The standard InChI is InChI=1S/C13H18N2O2S/c1-15(11-5-7-18-8-6-11)9-10-3-2-4-12(14-10)13(16)17/h2-4,11H,5-9H2,1H3,(H,16,17). The Hall–Kier alpha value is -1.07. The van der Waals surface area contributed by atoms with Gasteiger partial charge in [-0.25, -0.2) is 9.78 Å². The molecule has 1 aromatic heterocycles. The minimum atomic E-state index is -0.964. The molecule has 18 heavy (non-hydrogen) atoms. The van der Waals surface area contributed by atoms with Crippen LogP contribution in [0.15, 0.2) is 18.2 Å². The Morgan fingerprint density at radius 1 is 1.50 bits per heavy atom. The third kappa shape index (κ3) is 3.46. The number of rotatable bonds is 4. The summed E-state index contributed by atoms with van der Waals surface area (Å²) in [5.41, 5.74) is 0.954. The minimum absolute atomic E-state index is 0.125. The van der Waals surface area contributed by atoms with Crippen LogP contribution in [0.5, 0.6) is 0 Å². The number of thioether (sulfide) groups is 1. The molecule has 0 spiro atoms. The molecule has 98 valence electrons. The van der Waals surface area contributed by atoms with Gasteiger partial charge in [0.25, 0.3) is 0 Å². The van der Waals surface area contributed by atoms with Crippen LogP contribution in [-0.4, -0.2) is 45.6 Å². The van der Waals surface area contributed by atoms with E-state index < -0.39 is 5.97 Å². The molecule has 0 bridgehead atoms. The van der Waals surface area contributed by atoms with Crippen molar-refractivity contribution in [2.75, 3.05) is 18.6 Å². The van der Waals surface area contributed by atoms with Gasteiger partial charge >= 0.3 is 5.97 Å². The lowest BCUT2D eigenvalue weighted by Gasteiger charge is -2.30. The van der Waals surface area contributed by atoms with Crippen LogP contribution in [0.1, 0.15) is 29.0 Å². The van der Waals surface area contributed by atoms with Crippen molar-refractivity contribution in [2.45, 2.75) is 25.4 Å². The van der Waals surface area contributed by atoms with Gasteiger partial charge in [-0.2, -0.15) is 11.8 Å². The summed E-state index contributed by atoms with van der Waals surface area (Å²) >= 11 is 2.01. The summed E-state index contributed by atoms with van der Waals surface area (Å²) in [7, 11) is 2.09. The molecule has 0 saturated carbocycles. The number of pyridine rings is 1. The molecule has 0 aromatic carbocycles. The molecule has 0 aliphatic carbocycles. The van der Waals surface area contributed by atoms with Crippen molar-refractivity contribution in [1.82, 2.24) is 9.88 Å². The second-order valence-electron chi connectivity index (χ2n) is 4.58. The lowest BCUT2D eigenvalue weighted by molar-refractivity contribution is 0.0690. The molecular weight excluding hydrogens is 248 g/mol. The molecular formula is C13H18N2O2S. The summed E-state index contributed by atoms with van der Waals surface area (Å²) in [6.07, 6.45) is 2.42. The van der Waals surface area contributed by atoms with Crippen LogP contribution in [-0.2, 0) is 6.54 Å². The minimum Gasteiger partial charge on any atom is -0.477 e. The lowest BCUT2D eigenvalue weighted by atomic mass is 10.1. The fourth-order valence-corrected chi connectivity index (χ4v) is 3.28. The molecule has 5 heteroatoms. The predicted octanol–water partition coefficient (Wildman–Crippen LogP) is 2.11. The Labute approximate surface area is 111 Å². The quantitative estimate of drug-likeness (QED) is 0.904. The van der Waals surface area contributed by atoms with E-state index in [0.717, 1.165) is 12.2 Å². The highest BCUT2D eigenvalue weighted by Gasteiger charge is 2.18. The molecule has 0 amide bonds. The topological polar surface area (TPSA) is 53.4 Å². The number of hydrogen-bond acceptors (Lipinski definition) is 4. The van der Waals surface area contributed by atoms with E-state index in [2.05, 4.69) is 16.9 Å². The van der Waals surface area contributed by atoms with Crippen molar-refractivity contribution in [1.29, 1.82) is 0 Å². The second-order valence-corrected chi connectivity index (χ2v) is 5.80. The maximum Gasteiger partial charge on any atom is 0.354 e. The van der Waals surface area contributed by atoms with Crippen molar-refractivity contribution in [3.05, 3.63) is 29.6 Å². The zero-order valence-corrected chi connectivity index (χ0v) is 11.3. The van der Waals surface area contributed by atoms with Gasteiger partial charge < -0.3 is 5.11 Å². The van der Waals surface area contributed by atoms with Crippen LogP contribution in [0.2, 0.25) is 0 Å². The van der Waals surface area contributed by atoms with Crippen LogP contribution in [0.4, 0.5) is 0 Å². The number of carboxylic acid groups (broad SMARTS) is 1. The van der Waals surface area contributed by atoms with Crippen molar-refractivity contribution in [3.8, 4) is 0 Å². The summed E-state index contributed by atoms with van der Waals surface area (Å²) in [4.78, 5) is 17.3. The second kappa shape index (κ2) is 6.20. The van der Waals surface area contributed by atoms with E-state index >= 15 is 0 Å². The van der Waals surface area contributed by atoms with Gasteiger partial charge in [0, 0.05) is 12.6 Å². The molecule has 2 heterocycles. The van der Waals surface area contributed by atoms with E-state index in [0.29, 0.717) is 6.04 Å². The first-order valence-corrected chi connectivity index (χ1v) is 7.29. The normalized spacial score (nSPS) is 17.0. The summed E-state index contributed by atoms with van der Waals surface area (Å²) in [5, 5.41) is 8.91. The van der Waals surface area contributed by atoms with Crippen molar-refractivity contribution < 1.29 is 9.90 Å². The monoisotopic (exact) mass is 266 g/mol. The molecule has 1 saturated heterocycles. The number of carbonyl (C=O) groups is 1. The van der Waals surface area contributed by atoms with Gasteiger partial charge in [0.05, 0.1) is 5.69 Å². The smallest absolute Gasteiger partial charge is 0.354 e. The average molecular weight is 266 g/mol. The fraction of sp³-hybridized carbons (Fsp3) is 0.538. The van der Waals surface area contributed by atoms with Gasteiger partial charge in [0.1, 0.15) is 5.69 Å². The first-order valence-electron chi connectivity index (χ1n) is 6.14. The molecule has 0 atom stereocenters. The van der Waals surface area contributed by atoms with E-state index in [1.165, 1.54) is 30.4 Å². The predicted molar refractivity (Wildman–Crippen MR) is 73.0 cm³/mol. The van der Waals surface area contributed by atoms with E-state index in [-0.39, 0.29) is 5.69 Å². The van der Waals surface area contributed by atoms with Crippen molar-refractivity contribution in [3.63, 3.8) is 0 Å². The highest BCUT2D eigenvalue weighted by atomic mass is 32.2. The zero-order chi connectivity index (χ0) is 13.0. The molecule has 1 aliphatic heterocycles. The Kier molecular flexibility index (Phi) is 4.60. The lowest BCUT2D eigenvalue weighted by Crippen LogP contribution is -2.34. The van der Waals surface area contributed by atoms with Gasteiger partial charge in [0.2, 0.25) is 0 Å². The van der Waals surface area contributed by atoms with Gasteiger partial charge in [-0.3, -0.25) is 4.90 Å². The largest absolute Gasteiger partial charge is 0.477 e. The average Bonchev–Trinajstić information content (AvgIpc) is 2.40. The Balaban J connectivity index is 1.99. The highest BCUT2D eigenvalue weighted by Crippen LogP contribution is 2.21. The van der Waals surface area contributed by atoms with Crippen LogP contribution < -0.4 is 0 Å². The van der Waals surface area contributed by atoms with E-state index in [4.69, 9.17) is 5.11 Å². The SMILES string of the molecule is CN(Cc1cccc(C(=O)O)n1)C1CCSCC1. The zero-order valence-electron chi connectivity index (χ0n) is 10.5. The Bertz CT molecular complexity index is 419. The molecule has 1 aromatic rings. The van der Waals surface area contributed by atoms with Gasteiger partial charge in [-0.05, 0) is 43.5 Å². The van der Waals surface area contributed by atoms with Gasteiger partial charge in [-0.15, -0.1) is 0 Å². The number of aromatic carboxylic acids is 1. The van der Waals surface area contributed by atoms with Crippen LogP contribution in [0.25, 0.3) is 0 Å². The summed E-state index contributed by atoms with van der Waals surface area (Å²) in [6, 6.07) is 5.78. The number of nitrogens with zero attached hydrogens (tertiary/aromatic N) is 2.